The van der Waals surface area contributed by atoms with Crippen LogP contribution in [0.1, 0.15) is 6.42 Å². The van der Waals surface area contributed by atoms with Crippen LogP contribution in [0.15, 0.2) is 23.1 Å². The Hall–Kier alpha value is 0.240. The van der Waals surface area contributed by atoms with Crippen LogP contribution in [0.3, 0.4) is 0 Å². The van der Waals surface area contributed by atoms with Gasteiger partial charge >= 0.3 is 0 Å². The van der Waals surface area contributed by atoms with E-state index in [2.05, 4.69) is 0 Å². The first kappa shape index (κ1) is 12.3. The van der Waals surface area contributed by atoms with Crippen LogP contribution >= 0.6 is 34.8 Å². The lowest BCUT2D eigenvalue weighted by Crippen LogP contribution is -1.98. The van der Waals surface area contributed by atoms with Crippen molar-refractivity contribution in [1.29, 1.82) is 0 Å². The second-order valence-corrected chi connectivity index (χ2v) is 5.43. The van der Waals surface area contributed by atoms with Crippen molar-refractivity contribution in [2.24, 2.45) is 0 Å². The van der Waals surface area contributed by atoms with E-state index in [1.165, 1.54) is 0 Å². The molecule has 14 heavy (non-hydrogen) atoms. The van der Waals surface area contributed by atoms with Crippen molar-refractivity contribution < 1.29 is 4.21 Å². The molecule has 0 aliphatic carbocycles. The zero-order valence-corrected chi connectivity index (χ0v) is 10.4. The van der Waals surface area contributed by atoms with Crippen LogP contribution in [0.25, 0.3) is 0 Å². The van der Waals surface area contributed by atoms with Crippen LogP contribution in [0.2, 0.25) is 10.0 Å². The Kier molecular flexibility index (Phi) is 5.24. The lowest BCUT2D eigenvalue weighted by atomic mass is 10.4. The first-order valence-electron chi connectivity index (χ1n) is 4.04. The standard InChI is InChI=1S/C9H9Cl3OS/c10-4-1-5-14(13)7-2-3-8(11)9(12)6-7/h2-3,6H,1,4-5H2. The molecule has 0 spiro atoms. The van der Waals surface area contributed by atoms with Gasteiger partial charge in [-0.2, -0.15) is 0 Å². The van der Waals surface area contributed by atoms with E-state index in [9.17, 15) is 4.21 Å². The van der Waals surface area contributed by atoms with E-state index in [-0.39, 0.29) is 0 Å². The molecular formula is C9H9Cl3OS. The van der Waals surface area contributed by atoms with Gasteiger partial charge in [-0.25, -0.2) is 0 Å². The predicted octanol–water partition coefficient (Wildman–Crippen LogP) is 3.73. The minimum atomic E-state index is -1.03. The molecule has 1 atom stereocenters. The third-order valence-corrected chi connectivity index (χ3v) is 4.06. The smallest absolute Gasteiger partial charge is 0.0604 e. The molecule has 5 heteroatoms. The average molecular weight is 272 g/mol. The molecule has 0 N–H and O–H groups in total. The normalized spacial score (nSPS) is 12.8. The SMILES string of the molecule is O=S(CCCCl)c1ccc(Cl)c(Cl)c1. The van der Waals surface area contributed by atoms with Crippen LogP contribution in [0, 0.1) is 0 Å². The fourth-order valence-corrected chi connectivity index (χ4v) is 2.69. The second kappa shape index (κ2) is 5.96. The molecule has 0 aliphatic heterocycles. The summed E-state index contributed by atoms with van der Waals surface area (Å²) in [5.74, 6) is 1.08. The topological polar surface area (TPSA) is 17.1 Å². The fraction of sp³-hybridized carbons (Fsp3) is 0.333. The predicted molar refractivity (Wildman–Crippen MR) is 63.1 cm³/mol. The van der Waals surface area contributed by atoms with Gasteiger partial charge in [-0.15, -0.1) is 11.6 Å². The van der Waals surface area contributed by atoms with Gasteiger partial charge in [0.05, 0.1) is 20.8 Å². The zero-order chi connectivity index (χ0) is 10.6. The summed E-state index contributed by atoms with van der Waals surface area (Å²) in [6, 6.07) is 5.00. The Balaban J connectivity index is 2.76. The van der Waals surface area contributed by atoms with Crippen molar-refractivity contribution in [3.8, 4) is 0 Å². The Morgan fingerprint density at radius 3 is 2.50 bits per heavy atom. The third kappa shape index (κ3) is 3.43. The summed E-state index contributed by atoms with van der Waals surface area (Å²) in [6.07, 6.45) is 0.731. The van der Waals surface area contributed by atoms with Gasteiger partial charge in [0.15, 0.2) is 0 Å². The molecule has 0 aromatic heterocycles. The van der Waals surface area contributed by atoms with Gasteiger partial charge in [-0.1, -0.05) is 23.2 Å². The molecule has 1 aromatic carbocycles. The Morgan fingerprint density at radius 2 is 1.93 bits per heavy atom. The first-order chi connectivity index (χ1) is 6.65. The van der Waals surface area contributed by atoms with Crippen molar-refractivity contribution in [2.45, 2.75) is 11.3 Å². The molecular weight excluding hydrogens is 263 g/mol. The van der Waals surface area contributed by atoms with E-state index in [1.54, 1.807) is 18.2 Å². The van der Waals surface area contributed by atoms with Gasteiger partial charge in [0.2, 0.25) is 0 Å². The molecule has 1 nitrogen and oxygen atoms in total. The van der Waals surface area contributed by atoms with E-state index < -0.39 is 10.8 Å². The summed E-state index contributed by atoms with van der Waals surface area (Å²) >= 11 is 17.0. The summed E-state index contributed by atoms with van der Waals surface area (Å²) in [5.41, 5.74) is 0. The maximum absolute atomic E-state index is 11.6. The maximum atomic E-state index is 11.6. The van der Waals surface area contributed by atoms with Gasteiger partial charge in [0.25, 0.3) is 0 Å². The zero-order valence-electron chi connectivity index (χ0n) is 7.30. The lowest BCUT2D eigenvalue weighted by molar-refractivity contribution is 0.682. The molecule has 0 aliphatic rings. The molecule has 78 valence electrons. The van der Waals surface area contributed by atoms with Crippen LogP contribution in [0.5, 0.6) is 0 Å². The lowest BCUT2D eigenvalue weighted by Gasteiger charge is -2.02. The average Bonchev–Trinajstić information content (AvgIpc) is 2.18. The molecule has 0 amide bonds. The quantitative estimate of drug-likeness (QED) is 0.763. The molecule has 0 saturated heterocycles. The summed E-state index contributed by atoms with van der Waals surface area (Å²) in [7, 11) is -1.03. The van der Waals surface area contributed by atoms with Gasteiger partial charge < -0.3 is 0 Å². The van der Waals surface area contributed by atoms with E-state index in [0.29, 0.717) is 26.6 Å². The maximum Gasteiger partial charge on any atom is 0.0604 e. The Bertz CT molecular complexity index is 341. The highest BCUT2D eigenvalue weighted by molar-refractivity contribution is 7.85. The highest BCUT2D eigenvalue weighted by Gasteiger charge is 2.05. The van der Waals surface area contributed by atoms with E-state index in [0.717, 1.165) is 6.42 Å². The van der Waals surface area contributed by atoms with Gasteiger partial charge in [0, 0.05) is 16.5 Å². The monoisotopic (exact) mass is 270 g/mol. The third-order valence-electron chi connectivity index (χ3n) is 1.62. The minimum absolute atomic E-state index is 0.434. The fourth-order valence-electron chi connectivity index (χ4n) is 0.922. The number of rotatable bonds is 4. The van der Waals surface area contributed by atoms with Crippen molar-refractivity contribution in [3.05, 3.63) is 28.2 Å². The molecule has 0 radical (unpaired) electrons. The summed E-state index contributed by atoms with van der Waals surface area (Å²) in [4.78, 5) is 0.699. The second-order valence-electron chi connectivity index (χ2n) is 2.67. The van der Waals surface area contributed by atoms with Gasteiger partial charge in [-0.3, -0.25) is 4.21 Å². The molecule has 0 heterocycles. The molecule has 1 aromatic rings. The Morgan fingerprint density at radius 1 is 1.21 bits per heavy atom. The molecule has 1 rings (SSSR count). The number of alkyl halides is 1. The highest BCUT2D eigenvalue weighted by atomic mass is 35.5. The van der Waals surface area contributed by atoms with Crippen LogP contribution in [-0.4, -0.2) is 15.8 Å². The van der Waals surface area contributed by atoms with E-state index in [4.69, 9.17) is 34.8 Å². The van der Waals surface area contributed by atoms with Crippen LogP contribution in [0.4, 0.5) is 0 Å². The molecule has 0 saturated carbocycles. The largest absolute Gasteiger partial charge is 0.254 e. The van der Waals surface area contributed by atoms with Gasteiger partial charge in [-0.05, 0) is 24.6 Å². The first-order valence-corrected chi connectivity index (χ1v) is 6.65. The van der Waals surface area contributed by atoms with E-state index in [1.807, 2.05) is 0 Å². The number of benzene rings is 1. The molecule has 1 unspecified atom stereocenters. The Labute approximate surface area is 101 Å². The number of halogens is 3. The van der Waals surface area contributed by atoms with Gasteiger partial charge in [0.1, 0.15) is 0 Å². The minimum Gasteiger partial charge on any atom is -0.254 e. The van der Waals surface area contributed by atoms with Crippen molar-refractivity contribution in [3.63, 3.8) is 0 Å². The van der Waals surface area contributed by atoms with Crippen molar-refractivity contribution in [2.75, 3.05) is 11.6 Å². The molecule has 0 bridgehead atoms. The summed E-state index contributed by atoms with van der Waals surface area (Å²) in [6.45, 7) is 0. The van der Waals surface area contributed by atoms with Crippen molar-refractivity contribution in [1.82, 2.24) is 0 Å². The summed E-state index contributed by atoms with van der Waals surface area (Å²) in [5, 5.41) is 0.910. The molecule has 0 fully saturated rings. The van der Waals surface area contributed by atoms with E-state index >= 15 is 0 Å². The van der Waals surface area contributed by atoms with Crippen molar-refractivity contribution >= 4 is 45.6 Å². The number of hydrogen-bond donors (Lipinski definition) is 0. The van der Waals surface area contributed by atoms with Crippen LogP contribution < -0.4 is 0 Å². The summed E-state index contributed by atoms with van der Waals surface area (Å²) < 4.78 is 11.6. The highest BCUT2D eigenvalue weighted by Crippen LogP contribution is 2.24. The van der Waals surface area contributed by atoms with Crippen LogP contribution in [-0.2, 0) is 10.8 Å². The number of hydrogen-bond acceptors (Lipinski definition) is 1.